The van der Waals surface area contributed by atoms with Crippen molar-refractivity contribution >= 4 is 17.5 Å². The van der Waals surface area contributed by atoms with Crippen LogP contribution in [-0.2, 0) is 16.6 Å². The average Bonchev–Trinajstić information content (AvgIpc) is 2.99. The SMILES string of the molecule is CC(=O)N1CCCC[C@H]1C1=CCCN(CC(=O)Nc2cnn(C)c2)C1. The van der Waals surface area contributed by atoms with Gasteiger partial charge in [-0.15, -0.1) is 0 Å². The van der Waals surface area contributed by atoms with Crippen molar-refractivity contribution in [3.05, 3.63) is 24.0 Å². The minimum absolute atomic E-state index is 0.0266. The van der Waals surface area contributed by atoms with E-state index in [1.165, 1.54) is 5.57 Å². The van der Waals surface area contributed by atoms with Crippen molar-refractivity contribution in [2.45, 2.75) is 38.6 Å². The van der Waals surface area contributed by atoms with Gasteiger partial charge >= 0.3 is 0 Å². The maximum Gasteiger partial charge on any atom is 0.238 e. The lowest BCUT2D eigenvalue weighted by Crippen LogP contribution is -2.47. The van der Waals surface area contributed by atoms with Crippen LogP contribution in [0.3, 0.4) is 0 Å². The molecule has 1 N–H and O–H groups in total. The number of amides is 2. The molecule has 0 radical (unpaired) electrons. The summed E-state index contributed by atoms with van der Waals surface area (Å²) >= 11 is 0. The molecule has 3 rings (SSSR count). The summed E-state index contributed by atoms with van der Waals surface area (Å²) < 4.78 is 1.66. The number of carbonyl (C=O) groups is 2. The highest BCUT2D eigenvalue weighted by Crippen LogP contribution is 2.26. The molecule has 0 aromatic carbocycles. The summed E-state index contributed by atoms with van der Waals surface area (Å²) in [5.41, 5.74) is 2.01. The zero-order valence-corrected chi connectivity index (χ0v) is 15.1. The van der Waals surface area contributed by atoms with Crippen molar-refractivity contribution in [3.63, 3.8) is 0 Å². The largest absolute Gasteiger partial charge is 0.336 e. The van der Waals surface area contributed by atoms with E-state index in [1.807, 2.05) is 11.9 Å². The molecule has 7 nitrogen and oxygen atoms in total. The Labute approximate surface area is 148 Å². The molecule has 0 saturated carbocycles. The molecule has 3 heterocycles. The summed E-state index contributed by atoms with van der Waals surface area (Å²) in [5.74, 6) is 0.123. The zero-order valence-electron chi connectivity index (χ0n) is 15.1. The van der Waals surface area contributed by atoms with Crippen molar-refractivity contribution in [2.24, 2.45) is 7.05 Å². The Morgan fingerprint density at radius 1 is 1.32 bits per heavy atom. The highest BCUT2D eigenvalue weighted by atomic mass is 16.2. The van der Waals surface area contributed by atoms with E-state index < -0.39 is 0 Å². The number of nitrogens with one attached hydrogen (secondary N) is 1. The number of rotatable bonds is 4. The van der Waals surface area contributed by atoms with Crippen LogP contribution < -0.4 is 5.32 Å². The number of carbonyl (C=O) groups excluding carboxylic acids is 2. The van der Waals surface area contributed by atoms with Crippen LogP contribution >= 0.6 is 0 Å². The highest BCUT2D eigenvalue weighted by Gasteiger charge is 2.29. The number of aromatic nitrogens is 2. The third kappa shape index (κ3) is 4.48. The molecule has 1 fully saturated rings. The number of hydrogen-bond acceptors (Lipinski definition) is 4. The summed E-state index contributed by atoms with van der Waals surface area (Å²) in [7, 11) is 1.82. The van der Waals surface area contributed by atoms with E-state index in [2.05, 4.69) is 21.4 Å². The number of anilines is 1. The second-order valence-corrected chi connectivity index (χ2v) is 6.95. The summed E-state index contributed by atoms with van der Waals surface area (Å²) in [4.78, 5) is 28.4. The van der Waals surface area contributed by atoms with Crippen molar-refractivity contribution in [1.29, 1.82) is 0 Å². The normalized spacial score (nSPS) is 21.8. The van der Waals surface area contributed by atoms with Crippen molar-refractivity contribution < 1.29 is 9.59 Å². The molecule has 1 aromatic heterocycles. The minimum atomic E-state index is -0.0266. The van der Waals surface area contributed by atoms with E-state index in [4.69, 9.17) is 0 Å². The number of nitrogens with zero attached hydrogens (tertiary/aromatic N) is 4. The molecule has 2 amide bonds. The van der Waals surface area contributed by atoms with Crippen LogP contribution in [0.5, 0.6) is 0 Å². The predicted octanol–water partition coefficient (Wildman–Crippen LogP) is 1.39. The van der Waals surface area contributed by atoms with Crippen molar-refractivity contribution in [3.8, 4) is 0 Å². The van der Waals surface area contributed by atoms with E-state index in [0.29, 0.717) is 6.54 Å². The molecule has 136 valence electrons. The van der Waals surface area contributed by atoms with Crippen LogP contribution in [0.1, 0.15) is 32.6 Å². The van der Waals surface area contributed by atoms with E-state index in [9.17, 15) is 9.59 Å². The van der Waals surface area contributed by atoms with Gasteiger partial charge in [0, 0.05) is 39.8 Å². The third-order valence-corrected chi connectivity index (χ3v) is 4.95. The molecule has 25 heavy (non-hydrogen) atoms. The molecule has 1 aromatic rings. The van der Waals surface area contributed by atoms with Crippen LogP contribution in [0.4, 0.5) is 5.69 Å². The number of aryl methyl sites for hydroxylation is 1. The van der Waals surface area contributed by atoms with Gasteiger partial charge in [-0.05, 0) is 31.3 Å². The molecule has 2 aliphatic rings. The second kappa shape index (κ2) is 7.82. The van der Waals surface area contributed by atoms with Gasteiger partial charge in [-0.25, -0.2) is 0 Å². The lowest BCUT2D eigenvalue weighted by Gasteiger charge is -2.39. The Kier molecular flexibility index (Phi) is 5.53. The molecule has 7 heteroatoms. The molecule has 0 unspecified atom stereocenters. The second-order valence-electron chi connectivity index (χ2n) is 6.95. The van der Waals surface area contributed by atoms with E-state index in [1.54, 1.807) is 24.0 Å². The fourth-order valence-corrected chi connectivity index (χ4v) is 3.79. The minimum Gasteiger partial charge on any atom is -0.336 e. The van der Waals surface area contributed by atoms with Crippen LogP contribution in [0.25, 0.3) is 0 Å². The smallest absolute Gasteiger partial charge is 0.238 e. The van der Waals surface area contributed by atoms with Crippen molar-refractivity contribution in [2.75, 3.05) is 31.5 Å². The van der Waals surface area contributed by atoms with Crippen LogP contribution in [-0.4, -0.2) is 63.6 Å². The Balaban J connectivity index is 1.57. The van der Waals surface area contributed by atoms with Gasteiger partial charge in [-0.1, -0.05) is 6.08 Å². The molecule has 1 atom stereocenters. The predicted molar refractivity (Wildman–Crippen MR) is 96.0 cm³/mol. The Hall–Kier alpha value is -2.15. The quantitative estimate of drug-likeness (QED) is 0.837. The molecule has 0 aliphatic carbocycles. The number of likely N-dealkylation sites (tertiary alicyclic amines) is 1. The maximum absolute atomic E-state index is 12.3. The highest BCUT2D eigenvalue weighted by molar-refractivity contribution is 5.92. The molecular formula is C18H27N5O2. The van der Waals surface area contributed by atoms with Crippen molar-refractivity contribution in [1.82, 2.24) is 19.6 Å². The third-order valence-electron chi connectivity index (χ3n) is 4.95. The molecular weight excluding hydrogens is 318 g/mol. The summed E-state index contributed by atoms with van der Waals surface area (Å²) in [5, 5.41) is 6.94. The standard InChI is InChI=1S/C18H27N5O2/c1-14(24)23-9-4-3-7-17(23)15-6-5-8-22(11-15)13-18(25)20-16-10-19-21(2)12-16/h6,10,12,17H,3-5,7-9,11,13H2,1-2H3,(H,20,25)/t17-/m0/s1. The monoisotopic (exact) mass is 345 g/mol. The summed E-state index contributed by atoms with van der Waals surface area (Å²) in [6, 6.07) is 0.204. The topological polar surface area (TPSA) is 70.5 Å². The lowest BCUT2D eigenvalue weighted by molar-refractivity contribution is -0.131. The fraction of sp³-hybridized carbons (Fsp3) is 0.611. The zero-order chi connectivity index (χ0) is 17.8. The van der Waals surface area contributed by atoms with E-state index in [0.717, 1.165) is 51.0 Å². The van der Waals surface area contributed by atoms with Gasteiger partial charge in [-0.3, -0.25) is 19.2 Å². The Morgan fingerprint density at radius 3 is 2.88 bits per heavy atom. The molecule has 2 aliphatic heterocycles. The van der Waals surface area contributed by atoms with Gasteiger partial charge in [0.2, 0.25) is 11.8 Å². The summed E-state index contributed by atoms with van der Waals surface area (Å²) in [6.07, 6.45) is 9.90. The van der Waals surface area contributed by atoms with E-state index in [-0.39, 0.29) is 17.9 Å². The first-order valence-electron chi connectivity index (χ1n) is 9.00. The van der Waals surface area contributed by atoms with Gasteiger partial charge in [0.25, 0.3) is 0 Å². The Bertz CT molecular complexity index is 666. The summed E-state index contributed by atoms with van der Waals surface area (Å²) in [6.45, 7) is 4.49. The van der Waals surface area contributed by atoms with Gasteiger partial charge < -0.3 is 10.2 Å². The average molecular weight is 345 g/mol. The van der Waals surface area contributed by atoms with Crippen LogP contribution in [0.2, 0.25) is 0 Å². The van der Waals surface area contributed by atoms with Gasteiger partial charge in [-0.2, -0.15) is 5.10 Å². The van der Waals surface area contributed by atoms with Gasteiger partial charge in [0.05, 0.1) is 24.5 Å². The first kappa shape index (κ1) is 17.7. The molecule has 1 saturated heterocycles. The van der Waals surface area contributed by atoms with Gasteiger partial charge in [0.15, 0.2) is 0 Å². The fourth-order valence-electron chi connectivity index (χ4n) is 3.79. The molecule has 0 bridgehead atoms. The molecule has 0 spiro atoms. The first-order valence-corrected chi connectivity index (χ1v) is 9.00. The van der Waals surface area contributed by atoms with Crippen LogP contribution in [0, 0.1) is 0 Å². The first-order chi connectivity index (χ1) is 12.0. The lowest BCUT2D eigenvalue weighted by atomic mass is 9.92. The van der Waals surface area contributed by atoms with E-state index >= 15 is 0 Å². The van der Waals surface area contributed by atoms with Gasteiger partial charge in [0.1, 0.15) is 0 Å². The maximum atomic E-state index is 12.3. The Morgan fingerprint density at radius 2 is 2.16 bits per heavy atom. The van der Waals surface area contributed by atoms with Crippen LogP contribution in [0.15, 0.2) is 24.0 Å². The number of hydrogen-bond donors (Lipinski definition) is 1. The number of piperidine rings is 1.